The first-order chi connectivity index (χ1) is 9.55. The van der Waals surface area contributed by atoms with E-state index in [1.165, 1.54) is 0 Å². The van der Waals surface area contributed by atoms with Crippen LogP contribution in [0.5, 0.6) is 0 Å². The van der Waals surface area contributed by atoms with E-state index in [-0.39, 0.29) is 6.04 Å². The number of sulfonamides is 1. The van der Waals surface area contributed by atoms with Gasteiger partial charge in [-0.2, -0.15) is 0 Å². The predicted molar refractivity (Wildman–Crippen MR) is 83.2 cm³/mol. The molecule has 20 heavy (non-hydrogen) atoms. The molecule has 0 aliphatic rings. The number of hydrogen-bond donors (Lipinski definition) is 2. The van der Waals surface area contributed by atoms with Crippen LogP contribution in [0.1, 0.15) is 51.6 Å². The van der Waals surface area contributed by atoms with E-state index < -0.39 is 10.0 Å². The molecule has 0 saturated heterocycles. The summed E-state index contributed by atoms with van der Waals surface area (Å²) < 4.78 is 26.9. The van der Waals surface area contributed by atoms with Crippen molar-refractivity contribution in [3.05, 3.63) is 29.8 Å². The zero-order chi connectivity index (χ0) is 15.0. The molecule has 1 aromatic carbocycles. The lowest BCUT2D eigenvalue weighted by Crippen LogP contribution is -2.25. The lowest BCUT2D eigenvalue weighted by atomic mass is 10.0. The van der Waals surface area contributed by atoms with Gasteiger partial charge in [-0.15, -0.1) is 0 Å². The van der Waals surface area contributed by atoms with Gasteiger partial charge in [0.15, 0.2) is 0 Å². The van der Waals surface area contributed by atoms with Gasteiger partial charge in [-0.3, -0.25) is 0 Å². The minimum atomic E-state index is -3.38. The van der Waals surface area contributed by atoms with Crippen molar-refractivity contribution in [2.24, 2.45) is 0 Å². The predicted octanol–water partition coefficient (Wildman–Crippen LogP) is 2.83. The highest BCUT2D eigenvalue weighted by Crippen LogP contribution is 2.20. The Bertz CT molecular complexity index is 500. The lowest BCUT2D eigenvalue weighted by Gasteiger charge is -2.18. The van der Waals surface area contributed by atoms with Crippen LogP contribution in [-0.4, -0.2) is 21.5 Å². The highest BCUT2D eigenvalue weighted by atomic mass is 32.2. The van der Waals surface area contributed by atoms with E-state index in [2.05, 4.69) is 23.9 Å². The summed E-state index contributed by atoms with van der Waals surface area (Å²) in [6.45, 7) is 7.57. The summed E-state index contributed by atoms with van der Waals surface area (Å²) in [7, 11) is -3.38. The van der Waals surface area contributed by atoms with E-state index in [0.29, 0.717) is 11.4 Å². The first-order valence-corrected chi connectivity index (χ1v) is 8.86. The number of rotatable bonds is 9. The Hall–Kier alpha value is -0.910. The van der Waals surface area contributed by atoms with Gasteiger partial charge in [-0.25, -0.2) is 13.1 Å². The van der Waals surface area contributed by atoms with E-state index >= 15 is 0 Å². The van der Waals surface area contributed by atoms with Crippen molar-refractivity contribution in [1.82, 2.24) is 10.0 Å². The average molecular weight is 298 g/mol. The molecule has 0 saturated carbocycles. The fourth-order valence-electron chi connectivity index (χ4n) is 2.03. The van der Waals surface area contributed by atoms with Gasteiger partial charge in [0.05, 0.1) is 4.90 Å². The second kappa shape index (κ2) is 8.39. The maximum atomic E-state index is 12.1. The summed E-state index contributed by atoms with van der Waals surface area (Å²) in [5.41, 5.74) is 1.03. The number of benzene rings is 1. The third-order valence-electron chi connectivity index (χ3n) is 3.16. The van der Waals surface area contributed by atoms with Gasteiger partial charge in [0.25, 0.3) is 0 Å². The van der Waals surface area contributed by atoms with Crippen LogP contribution in [0.2, 0.25) is 0 Å². The molecule has 0 spiro atoms. The Balaban J connectivity index is 2.94. The molecule has 0 radical (unpaired) electrons. The number of nitrogens with one attached hydrogen (secondary N) is 2. The average Bonchev–Trinajstić information content (AvgIpc) is 2.46. The zero-order valence-corrected chi connectivity index (χ0v) is 13.5. The van der Waals surface area contributed by atoms with Crippen LogP contribution in [0.15, 0.2) is 29.2 Å². The van der Waals surface area contributed by atoms with Crippen molar-refractivity contribution in [2.45, 2.75) is 51.0 Å². The maximum absolute atomic E-state index is 12.1. The highest BCUT2D eigenvalue weighted by molar-refractivity contribution is 7.89. The molecule has 0 amide bonds. The monoisotopic (exact) mass is 298 g/mol. The fourth-order valence-corrected chi connectivity index (χ4v) is 3.22. The second-order valence-electron chi connectivity index (χ2n) is 4.89. The molecule has 0 aliphatic heterocycles. The van der Waals surface area contributed by atoms with Crippen molar-refractivity contribution < 1.29 is 8.42 Å². The largest absolute Gasteiger partial charge is 0.310 e. The smallest absolute Gasteiger partial charge is 0.240 e. The molecular weight excluding hydrogens is 272 g/mol. The van der Waals surface area contributed by atoms with Crippen LogP contribution >= 0.6 is 0 Å². The molecular formula is C15H26N2O2S. The van der Waals surface area contributed by atoms with E-state index in [0.717, 1.165) is 31.4 Å². The summed E-state index contributed by atoms with van der Waals surface area (Å²) >= 11 is 0. The highest BCUT2D eigenvalue weighted by Gasteiger charge is 2.15. The van der Waals surface area contributed by atoms with Gasteiger partial charge in [-0.05, 0) is 43.5 Å². The maximum Gasteiger partial charge on any atom is 0.240 e. The van der Waals surface area contributed by atoms with Gasteiger partial charge in [0.2, 0.25) is 10.0 Å². The summed E-state index contributed by atoms with van der Waals surface area (Å²) in [5.74, 6) is 0. The van der Waals surface area contributed by atoms with Crippen molar-refractivity contribution in [1.29, 1.82) is 0 Å². The third kappa shape index (κ3) is 4.89. The topological polar surface area (TPSA) is 58.2 Å². The van der Waals surface area contributed by atoms with Gasteiger partial charge in [0.1, 0.15) is 0 Å². The molecule has 4 nitrogen and oxygen atoms in total. The molecule has 1 unspecified atom stereocenters. The second-order valence-corrected chi connectivity index (χ2v) is 6.65. The SMILES string of the molecule is CCCNC(CC)c1cccc(S(=O)(=O)NCCC)c1. The molecule has 0 aromatic heterocycles. The molecule has 1 aromatic rings. The van der Waals surface area contributed by atoms with E-state index in [9.17, 15) is 8.42 Å². The van der Waals surface area contributed by atoms with Crippen molar-refractivity contribution >= 4 is 10.0 Å². The first kappa shape index (κ1) is 17.1. The molecule has 0 heterocycles. The summed E-state index contributed by atoms with van der Waals surface area (Å²) in [5, 5.41) is 3.44. The van der Waals surface area contributed by atoms with Crippen LogP contribution in [0.4, 0.5) is 0 Å². The van der Waals surface area contributed by atoms with Crippen LogP contribution in [0.3, 0.4) is 0 Å². The van der Waals surface area contributed by atoms with E-state index in [1.807, 2.05) is 19.1 Å². The molecule has 1 rings (SSSR count). The normalized spacial score (nSPS) is 13.3. The van der Waals surface area contributed by atoms with Gasteiger partial charge in [-0.1, -0.05) is 32.9 Å². The van der Waals surface area contributed by atoms with E-state index in [1.54, 1.807) is 12.1 Å². The van der Waals surface area contributed by atoms with Crippen molar-refractivity contribution in [3.63, 3.8) is 0 Å². The Morgan fingerprint density at radius 1 is 1.10 bits per heavy atom. The van der Waals surface area contributed by atoms with Gasteiger partial charge >= 0.3 is 0 Å². The van der Waals surface area contributed by atoms with E-state index in [4.69, 9.17) is 0 Å². The molecule has 0 bridgehead atoms. The third-order valence-corrected chi connectivity index (χ3v) is 4.62. The van der Waals surface area contributed by atoms with Gasteiger partial charge in [0, 0.05) is 12.6 Å². The molecule has 2 N–H and O–H groups in total. The summed E-state index contributed by atoms with van der Waals surface area (Å²) in [4.78, 5) is 0.347. The molecule has 114 valence electrons. The molecule has 5 heteroatoms. The van der Waals surface area contributed by atoms with Crippen molar-refractivity contribution in [2.75, 3.05) is 13.1 Å². The quantitative estimate of drug-likeness (QED) is 0.737. The van der Waals surface area contributed by atoms with Crippen molar-refractivity contribution in [3.8, 4) is 0 Å². The molecule has 0 aliphatic carbocycles. The first-order valence-electron chi connectivity index (χ1n) is 7.38. The van der Waals surface area contributed by atoms with Gasteiger partial charge < -0.3 is 5.32 Å². The Kier molecular flexibility index (Phi) is 7.19. The minimum absolute atomic E-state index is 0.205. The molecule has 0 fully saturated rings. The zero-order valence-electron chi connectivity index (χ0n) is 12.6. The standard InChI is InChI=1S/C15H26N2O2S/c1-4-10-16-15(6-3)13-8-7-9-14(12-13)20(18,19)17-11-5-2/h7-9,12,15-17H,4-6,10-11H2,1-3H3. The molecule has 1 atom stereocenters. The van der Waals surface area contributed by atoms with Crippen LogP contribution in [-0.2, 0) is 10.0 Å². The Labute approximate surface area is 123 Å². The minimum Gasteiger partial charge on any atom is -0.310 e. The van der Waals surface area contributed by atoms with Crippen LogP contribution in [0.25, 0.3) is 0 Å². The Morgan fingerprint density at radius 2 is 1.80 bits per heavy atom. The lowest BCUT2D eigenvalue weighted by molar-refractivity contribution is 0.517. The summed E-state index contributed by atoms with van der Waals surface area (Å²) in [6, 6.07) is 7.42. The Morgan fingerprint density at radius 3 is 2.40 bits per heavy atom. The fraction of sp³-hybridized carbons (Fsp3) is 0.600. The van der Waals surface area contributed by atoms with Crippen LogP contribution < -0.4 is 10.0 Å². The summed E-state index contributed by atoms with van der Waals surface area (Å²) in [6.07, 6.45) is 2.78. The van der Waals surface area contributed by atoms with Crippen LogP contribution in [0, 0.1) is 0 Å². The number of hydrogen-bond acceptors (Lipinski definition) is 3.